The lowest BCUT2D eigenvalue weighted by Gasteiger charge is -2.31. The highest BCUT2D eigenvalue weighted by Gasteiger charge is 2.67. The molecular formula is C16H17NO5. The summed E-state index contributed by atoms with van der Waals surface area (Å²) in [6, 6.07) is 6.31. The SMILES string of the molecule is CO[C@@H]1[C@H](O)[C@H]2C[C@H]1[C@@H]1C(=O)N(c3ccccc3O)C(=O)[C@H]21. The van der Waals surface area contributed by atoms with Gasteiger partial charge in [-0.2, -0.15) is 0 Å². The third-order valence-corrected chi connectivity index (χ3v) is 5.46. The number of rotatable bonds is 2. The number of hydrogen-bond donors (Lipinski definition) is 2. The first kappa shape index (κ1) is 13.7. The number of hydrogen-bond acceptors (Lipinski definition) is 5. The minimum absolute atomic E-state index is 0.0969. The van der Waals surface area contributed by atoms with E-state index in [0.29, 0.717) is 6.42 Å². The molecule has 6 nitrogen and oxygen atoms in total. The topological polar surface area (TPSA) is 87.1 Å². The number of phenols is 1. The van der Waals surface area contributed by atoms with Gasteiger partial charge in [0.2, 0.25) is 11.8 Å². The van der Waals surface area contributed by atoms with E-state index in [2.05, 4.69) is 0 Å². The lowest BCUT2D eigenvalue weighted by Crippen LogP contribution is -2.44. The van der Waals surface area contributed by atoms with Crippen LogP contribution in [0.25, 0.3) is 0 Å². The number of benzene rings is 1. The summed E-state index contributed by atoms with van der Waals surface area (Å²) in [5.41, 5.74) is 0.217. The molecule has 6 atom stereocenters. The molecule has 2 aliphatic carbocycles. The van der Waals surface area contributed by atoms with Crippen molar-refractivity contribution in [1.82, 2.24) is 0 Å². The Labute approximate surface area is 127 Å². The minimum atomic E-state index is -0.711. The van der Waals surface area contributed by atoms with E-state index in [1.165, 1.54) is 13.2 Å². The lowest BCUT2D eigenvalue weighted by molar-refractivity contribution is -0.131. The van der Waals surface area contributed by atoms with Gasteiger partial charge in [-0.05, 0) is 18.6 Å². The van der Waals surface area contributed by atoms with Crippen LogP contribution < -0.4 is 4.90 Å². The Morgan fingerprint density at radius 3 is 2.41 bits per heavy atom. The summed E-state index contributed by atoms with van der Waals surface area (Å²) in [5, 5.41) is 20.2. The zero-order chi connectivity index (χ0) is 15.6. The minimum Gasteiger partial charge on any atom is -0.506 e. The Morgan fingerprint density at radius 2 is 1.77 bits per heavy atom. The number of nitrogens with zero attached hydrogens (tertiary/aromatic N) is 1. The molecule has 2 N–H and O–H groups in total. The number of methoxy groups -OCH3 is 1. The van der Waals surface area contributed by atoms with E-state index in [1.807, 2.05) is 0 Å². The zero-order valence-electron chi connectivity index (χ0n) is 12.0. The number of anilines is 1. The predicted molar refractivity (Wildman–Crippen MR) is 76.0 cm³/mol. The van der Waals surface area contributed by atoms with Crippen molar-refractivity contribution in [3.05, 3.63) is 24.3 Å². The first-order valence-electron chi connectivity index (χ1n) is 7.43. The highest BCUT2D eigenvalue weighted by molar-refractivity contribution is 6.23. The van der Waals surface area contributed by atoms with Crippen LogP contribution in [0.5, 0.6) is 5.75 Å². The first-order valence-corrected chi connectivity index (χ1v) is 7.43. The number of ether oxygens (including phenoxy) is 1. The molecule has 6 heteroatoms. The Hall–Kier alpha value is -1.92. The predicted octanol–water partition coefficient (Wildman–Crippen LogP) is 0.523. The van der Waals surface area contributed by atoms with Crippen LogP contribution in [0.4, 0.5) is 5.69 Å². The number of para-hydroxylation sites is 2. The highest BCUT2D eigenvalue weighted by Crippen LogP contribution is 2.57. The van der Waals surface area contributed by atoms with Gasteiger partial charge in [-0.1, -0.05) is 12.1 Å². The summed E-state index contributed by atoms with van der Waals surface area (Å²) >= 11 is 0. The van der Waals surface area contributed by atoms with Crippen molar-refractivity contribution in [3.8, 4) is 5.75 Å². The molecule has 1 heterocycles. The molecule has 4 rings (SSSR count). The van der Waals surface area contributed by atoms with Crippen LogP contribution in [-0.4, -0.2) is 41.3 Å². The van der Waals surface area contributed by atoms with Crippen LogP contribution >= 0.6 is 0 Å². The zero-order valence-corrected chi connectivity index (χ0v) is 12.0. The second kappa shape index (κ2) is 4.54. The molecule has 22 heavy (non-hydrogen) atoms. The fraction of sp³-hybridized carbons (Fsp3) is 0.500. The van der Waals surface area contributed by atoms with Crippen molar-refractivity contribution >= 4 is 17.5 Å². The molecule has 2 amide bonds. The molecule has 1 saturated heterocycles. The number of fused-ring (bicyclic) bond motifs is 5. The highest BCUT2D eigenvalue weighted by atomic mass is 16.5. The summed E-state index contributed by atoms with van der Waals surface area (Å²) in [4.78, 5) is 26.6. The summed E-state index contributed by atoms with van der Waals surface area (Å²) in [5.74, 6) is -2.05. The van der Waals surface area contributed by atoms with Crippen LogP contribution in [0.2, 0.25) is 0 Å². The van der Waals surface area contributed by atoms with Crippen LogP contribution in [0.1, 0.15) is 6.42 Å². The van der Waals surface area contributed by atoms with Gasteiger partial charge in [0, 0.05) is 18.9 Å². The fourth-order valence-electron chi connectivity index (χ4n) is 4.61. The number of carbonyl (C=O) groups is 2. The number of aromatic hydroxyl groups is 1. The normalized spacial score (nSPS) is 39.6. The fourth-order valence-corrected chi connectivity index (χ4v) is 4.61. The standard InChI is InChI=1S/C16H17NO5/c1-22-14-8-6-7(13(14)19)11-12(8)16(21)17(15(11)20)9-4-2-3-5-10(9)18/h2-5,7-8,11-14,18-19H,6H2,1H3/t7-,8-,11+,12-,13+,14-/m0/s1. The number of aliphatic hydroxyl groups is 1. The molecule has 2 saturated carbocycles. The number of phenolic OH excluding ortho intramolecular Hbond substituents is 1. The smallest absolute Gasteiger partial charge is 0.238 e. The van der Waals surface area contributed by atoms with Crippen LogP contribution in [0, 0.1) is 23.7 Å². The largest absolute Gasteiger partial charge is 0.506 e. The molecule has 0 spiro atoms. The van der Waals surface area contributed by atoms with Gasteiger partial charge >= 0.3 is 0 Å². The number of amides is 2. The molecule has 0 unspecified atom stereocenters. The second-order valence-corrected chi connectivity index (χ2v) is 6.31. The van der Waals surface area contributed by atoms with E-state index in [0.717, 1.165) is 4.90 Å². The first-order chi connectivity index (χ1) is 10.6. The van der Waals surface area contributed by atoms with Crippen molar-refractivity contribution < 1.29 is 24.5 Å². The van der Waals surface area contributed by atoms with E-state index in [1.54, 1.807) is 18.2 Å². The van der Waals surface area contributed by atoms with Gasteiger partial charge < -0.3 is 14.9 Å². The molecule has 1 aromatic rings. The van der Waals surface area contributed by atoms with Crippen molar-refractivity contribution in [3.63, 3.8) is 0 Å². The summed E-state index contributed by atoms with van der Waals surface area (Å²) in [7, 11) is 1.52. The van der Waals surface area contributed by atoms with E-state index < -0.39 is 24.0 Å². The quantitative estimate of drug-likeness (QED) is 0.778. The average Bonchev–Trinajstić information content (AvgIpc) is 3.11. The van der Waals surface area contributed by atoms with Gasteiger partial charge in [-0.15, -0.1) is 0 Å². The van der Waals surface area contributed by atoms with Crippen molar-refractivity contribution in [1.29, 1.82) is 0 Å². The lowest BCUT2D eigenvalue weighted by atomic mass is 9.78. The molecule has 116 valence electrons. The van der Waals surface area contributed by atoms with Gasteiger partial charge in [0.1, 0.15) is 5.75 Å². The molecule has 1 aliphatic heterocycles. The Morgan fingerprint density at radius 1 is 1.14 bits per heavy atom. The monoisotopic (exact) mass is 303 g/mol. The van der Waals surface area contributed by atoms with Gasteiger partial charge in [0.05, 0.1) is 29.7 Å². The number of aliphatic hydroxyl groups excluding tert-OH is 1. The maximum Gasteiger partial charge on any atom is 0.238 e. The summed E-state index contributed by atoms with van der Waals surface area (Å²) in [6.45, 7) is 0. The molecule has 2 bridgehead atoms. The molecule has 1 aromatic carbocycles. The molecule has 0 aromatic heterocycles. The summed E-state index contributed by atoms with van der Waals surface area (Å²) < 4.78 is 5.33. The van der Waals surface area contributed by atoms with Gasteiger partial charge in [-0.25, -0.2) is 4.90 Å². The maximum atomic E-state index is 12.8. The molecule has 0 radical (unpaired) electrons. The van der Waals surface area contributed by atoms with Gasteiger partial charge in [0.15, 0.2) is 0 Å². The number of imide groups is 1. The third-order valence-electron chi connectivity index (χ3n) is 5.46. The molecular weight excluding hydrogens is 286 g/mol. The van der Waals surface area contributed by atoms with Gasteiger partial charge in [-0.3, -0.25) is 9.59 Å². The molecule has 3 aliphatic rings. The Balaban J connectivity index is 1.75. The van der Waals surface area contributed by atoms with Crippen molar-refractivity contribution in [2.24, 2.45) is 23.7 Å². The van der Waals surface area contributed by atoms with Crippen LogP contribution in [0.3, 0.4) is 0 Å². The Bertz CT molecular complexity index is 660. The van der Waals surface area contributed by atoms with Crippen molar-refractivity contribution in [2.45, 2.75) is 18.6 Å². The second-order valence-electron chi connectivity index (χ2n) is 6.31. The van der Waals surface area contributed by atoms with E-state index in [9.17, 15) is 19.8 Å². The number of carbonyl (C=O) groups excluding carboxylic acids is 2. The van der Waals surface area contributed by atoms with Crippen LogP contribution in [-0.2, 0) is 14.3 Å². The van der Waals surface area contributed by atoms with Crippen LogP contribution in [0.15, 0.2) is 24.3 Å². The van der Waals surface area contributed by atoms with Crippen molar-refractivity contribution in [2.75, 3.05) is 12.0 Å². The Kier molecular flexibility index (Phi) is 2.83. The van der Waals surface area contributed by atoms with Gasteiger partial charge in [0.25, 0.3) is 0 Å². The maximum absolute atomic E-state index is 12.8. The van der Waals surface area contributed by atoms with E-state index >= 15 is 0 Å². The summed E-state index contributed by atoms with van der Waals surface area (Å²) in [6.07, 6.45) is -0.467. The van der Waals surface area contributed by atoms with E-state index in [4.69, 9.17) is 4.74 Å². The third kappa shape index (κ3) is 1.51. The van der Waals surface area contributed by atoms with E-state index in [-0.39, 0.29) is 35.1 Å². The average molecular weight is 303 g/mol. The molecule has 3 fully saturated rings.